The van der Waals surface area contributed by atoms with Crippen LogP contribution in [-0.4, -0.2) is 22.6 Å². The summed E-state index contributed by atoms with van der Waals surface area (Å²) in [6.07, 6.45) is 2.80. The molecular formula is C16H21N3O. The second-order valence-corrected chi connectivity index (χ2v) is 4.96. The molecule has 2 N–H and O–H groups in total. The van der Waals surface area contributed by atoms with Crippen LogP contribution in [0.5, 0.6) is 0 Å². The third-order valence-corrected chi connectivity index (χ3v) is 3.32. The second-order valence-electron chi connectivity index (χ2n) is 4.96. The van der Waals surface area contributed by atoms with Crippen molar-refractivity contribution in [2.75, 3.05) is 6.54 Å². The Kier molecular flexibility index (Phi) is 4.93. The number of rotatable bonds is 6. The van der Waals surface area contributed by atoms with E-state index in [9.17, 15) is 4.79 Å². The van der Waals surface area contributed by atoms with Gasteiger partial charge in [-0.15, -0.1) is 0 Å². The van der Waals surface area contributed by atoms with Crippen LogP contribution >= 0.6 is 0 Å². The van der Waals surface area contributed by atoms with Crippen molar-refractivity contribution in [1.82, 2.24) is 15.5 Å². The Morgan fingerprint density at radius 2 is 2.10 bits per heavy atom. The van der Waals surface area contributed by atoms with Crippen LogP contribution in [0.15, 0.2) is 30.3 Å². The maximum absolute atomic E-state index is 11.9. The first kappa shape index (κ1) is 14.3. The van der Waals surface area contributed by atoms with Crippen molar-refractivity contribution in [2.45, 2.75) is 33.1 Å². The molecule has 0 aliphatic heterocycles. The number of nitrogens with zero attached hydrogens (tertiary/aromatic N) is 1. The molecule has 0 aliphatic carbocycles. The van der Waals surface area contributed by atoms with Crippen molar-refractivity contribution in [3.8, 4) is 0 Å². The molecule has 0 aliphatic rings. The largest absolute Gasteiger partial charge is 0.350 e. The summed E-state index contributed by atoms with van der Waals surface area (Å²) in [4.78, 5) is 11.9. The normalized spacial score (nSPS) is 10.5. The summed E-state index contributed by atoms with van der Waals surface area (Å²) in [5.74, 6) is -0.114. The van der Waals surface area contributed by atoms with Crippen LogP contribution in [0.25, 0.3) is 0 Å². The Morgan fingerprint density at radius 3 is 2.85 bits per heavy atom. The minimum atomic E-state index is -0.114. The van der Waals surface area contributed by atoms with Crippen LogP contribution in [0.3, 0.4) is 0 Å². The number of hydrogen-bond acceptors (Lipinski definition) is 2. The molecule has 20 heavy (non-hydrogen) atoms. The van der Waals surface area contributed by atoms with Gasteiger partial charge < -0.3 is 5.32 Å². The molecule has 0 bridgehead atoms. The maximum Gasteiger partial charge on any atom is 0.271 e. The highest BCUT2D eigenvalue weighted by molar-refractivity contribution is 5.92. The van der Waals surface area contributed by atoms with E-state index in [0.29, 0.717) is 12.2 Å². The van der Waals surface area contributed by atoms with Crippen LogP contribution in [0, 0.1) is 6.92 Å². The molecule has 0 fully saturated rings. The van der Waals surface area contributed by atoms with Gasteiger partial charge in [-0.3, -0.25) is 9.89 Å². The molecule has 0 saturated heterocycles. The molecule has 1 aromatic heterocycles. The number of hydrogen-bond donors (Lipinski definition) is 2. The number of carbonyl (C=O) groups is 1. The van der Waals surface area contributed by atoms with E-state index in [1.54, 1.807) is 0 Å². The molecule has 1 heterocycles. The number of carbonyl (C=O) groups excluding carboxylic acids is 1. The van der Waals surface area contributed by atoms with Gasteiger partial charge >= 0.3 is 0 Å². The van der Waals surface area contributed by atoms with Crippen LogP contribution < -0.4 is 5.32 Å². The Labute approximate surface area is 119 Å². The predicted molar refractivity (Wildman–Crippen MR) is 79.8 cm³/mol. The van der Waals surface area contributed by atoms with Crippen molar-refractivity contribution < 1.29 is 4.79 Å². The number of aryl methyl sites for hydroxylation is 2. The van der Waals surface area contributed by atoms with Gasteiger partial charge in [0.2, 0.25) is 0 Å². The van der Waals surface area contributed by atoms with Gasteiger partial charge in [-0.1, -0.05) is 37.6 Å². The first-order valence-electron chi connectivity index (χ1n) is 7.07. The van der Waals surface area contributed by atoms with Gasteiger partial charge in [0.1, 0.15) is 5.69 Å². The summed E-state index contributed by atoms with van der Waals surface area (Å²) in [5, 5.41) is 9.84. The SMILES string of the molecule is CCCc1cc(C(=O)NCCc2ccccc2C)n[nH]1. The zero-order valence-corrected chi connectivity index (χ0v) is 12.1. The average molecular weight is 271 g/mol. The van der Waals surface area contributed by atoms with Gasteiger partial charge in [0, 0.05) is 12.2 Å². The number of nitrogens with one attached hydrogen (secondary N) is 2. The number of benzene rings is 1. The summed E-state index contributed by atoms with van der Waals surface area (Å²) in [7, 11) is 0. The van der Waals surface area contributed by atoms with E-state index >= 15 is 0 Å². The summed E-state index contributed by atoms with van der Waals surface area (Å²) >= 11 is 0. The van der Waals surface area contributed by atoms with Gasteiger partial charge in [-0.05, 0) is 37.0 Å². The zero-order valence-electron chi connectivity index (χ0n) is 12.1. The van der Waals surface area contributed by atoms with E-state index in [-0.39, 0.29) is 5.91 Å². The minimum absolute atomic E-state index is 0.114. The lowest BCUT2D eigenvalue weighted by atomic mass is 10.1. The smallest absolute Gasteiger partial charge is 0.271 e. The van der Waals surface area contributed by atoms with E-state index in [2.05, 4.69) is 41.5 Å². The van der Waals surface area contributed by atoms with Crippen molar-refractivity contribution in [1.29, 1.82) is 0 Å². The number of aromatic nitrogens is 2. The van der Waals surface area contributed by atoms with Gasteiger partial charge in [0.15, 0.2) is 0 Å². The molecular weight excluding hydrogens is 250 g/mol. The lowest BCUT2D eigenvalue weighted by molar-refractivity contribution is 0.0949. The molecule has 1 aromatic carbocycles. The van der Waals surface area contributed by atoms with E-state index in [0.717, 1.165) is 25.0 Å². The van der Waals surface area contributed by atoms with Crippen molar-refractivity contribution in [3.05, 3.63) is 52.8 Å². The van der Waals surface area contributed by atoms with Crippen LogP contribution in [0.2, 0.25) is 0 Å². The number of amides is 1. The third kappa shape index (κ3) is 3.70. The fourth-order valence-corrected chi connectivity index (χ4v) is 2.17. The van der Waals surface area contributed by atoms with E-state index in [4.69, 9.17) is 0 Å². The van der Waals surface area contributed by atoms with Crippen LogP contribution in [0.4, 0.5) is 0 Å². The van der Waals surface area contributed by atoms with Gasteiger partial charge in [-0.2, -0.15) is 5.10 Å². The number of H-pyrrole nitrogens is 1. The van der Waals surface area contributed by atoms with Crippen molar-refractivity contribution >= 4 is 5.91 Å². The fourth-order valence-electron chi connectivity index (χ4n) is 2.17. The summed E-state index contributed by atoms with van der Waals surface area (Å²) < 4.78 is 0. The highest BCUT2D eigenvalue weighted by atomic mass is 16.1. The molecule has 2 rings (SSSR count). The molecule has 0 spiro atoms. The Hall–Kier alpha value is -2.10. The molecule has 0 atom stereocenters. The van der Waals surface area contributed by atoms with Gasteiger partial charge in [-0.25, -0.2) is 0 Å². The maximum atomic E-state index is 11.9. The summed E-state index contributed by atoms with van der Waals surface area (Å²) in [5.41, 5.74) is 4.00. The second kappa shape index (κ2) is 6.89. The van der Waals surface area contributed by atoms with Crippen molar-refractivity contribution in [3.63, 3.8) is 0 Å². The lowest BCUT2D eigenvalue weighted by Gasteiger charge is -2.06. The Morgan fingerprint density at radius 1 is 1.30 bits per heavy atom. The zero-order chi connectivity index (χ0) is 14.4. The molecule has 0 saturated carbocycles. The molecule has 1 amide bonds. The minimum Gasteiger partial charge on any atom is -0.350 e. The van der Waals surface area contributed by atoms with Gasteiger partial charge in [0.25, 0.3) is 5.91 Å². The van der Waals surface area contributed by atoms with Crippen molar-refractivity contribution in [2.24, 2.45) is 0 Å². The number of aromatic amines is 1. The van der Waals surface area contributed by atoms with Crippen LogP contribution in [-0.2, 0) is 12.8 Å². The monoisotopic (exact) mass is 271 g/mol. The Balaban J connectivity index is 1.84. The molecule has 106 valence electrons. The highest BCUT2D eigenvalue weighted by Gasteiger charge is 2.09. The topological polar surface area (TPSA) is 57.8 Å². The predicted octanol–water partition coefficient (Wildman–Crippen LogP) is 2.64. The molecule has 2 aromatic rings. The van der Waals surface area contributed by atoms with E-state index in [1.807, 2.05) is 18.2 Å². The summed E-state index contributed by atoms with van der Waals surface area (Å²) in [6, 6.07) is 10.1. The first-order chi connectivity index (χ1) is 9.70. The van der Waals surface area contributed by atoms with Gasteiger partial charge in [0.05, 0.1) is 0 Å². The molecule has 4 heteroatoms. The van der Waals surface area contributed by atoms with Crippen LogP contribution in [0.1, 0.15) is 40.7 Å². The Bertz CT molecular complexity index is 575. The standard InChI is InChI=1S/C16H21N3O/c1-3-6-14-11-15(19-18-14)16(20)17-10-9-13-8-5-4-7-12(13)2/h4-5,7-8,11H,3,6,9-10H2,1-2H3,(H,17,20)(H,18,19). The first-order valence-corrected chi connectivity index (χ1v) is 7.07. The average Bonchev–Trinajstić information content (AvgIpc) is 2.90. The third-order valence-electron chi connectivity index (χ3n) is 3.32. The molecule has 0 unspecified atom stereocenters. The molecule has 4 nitrogen and oxygen atoms in total. The van der Waals surface area contributed by atoms with E-state index < -0.39 is 0 Å². The summed E-state index contributed by atoms with van der Waals surface area (Å²) in [6.45, 7) is 4.81. The molecule has 0 radical (unpaired) electrons. The lowest BCUT2D eigenvalue weighted by Crippen LogP contribution is -2.26. The fraction of sp³-hybridized carbons (Fsp3) is 0.375. The van der Waals surface area contributed by atoms with E-state index in [1.165, 1.54) is 11.1 Å². The quantitative estimate of drug-likeness (QED) is 0.848. The highest BCUT2D eigenvalue weighted by Crippen LogP contribution is 2.07.